The summed E-state index contributed by atoms with van der Waals surface area (Å²) in [4.78, 5) is 25.7. The molecule has 1 N–H and O–H groups in total. The highest BCUT2D eigenvalue weighted by molar-refractivity contribution is 7.91. The minimum absolute atomic E-state index is 0.0675. The van der Waals surface area contributed by atoms with Crippen LogP contribution in [0.5, 0.6) is 0 Å². The first-order valence-electron chi connectivity index (χ1n) is 6.98. The lowest BCUT2D eigenvalue weighted by Gasteiger charge is -2.44. The standard InChI is InChI=1S/C13H24N2O4S/c1-5-8-20(18,19)9-7-15-11(16)10(6-2)14-12(17)13(15,3)4/h10H,5-9H2,1-4H3,(H,14,17). The van der Waals surface area contributed by atoms with Crippen molar-refractivity contribution >= 4 is 21.7 Å². The highest BCUT2D eigenvalue weighted by Gasteiger charge is 2.45. The summed E-state index contributed by atoms with van der Waals surface area (Å²) in [5, 5.41) is 2.68. The van der Waals surface area contributed by atoms with E-state index in [9.17, 15) is 18.0 Å². The highest BCUT2D eigenvalue weighted by Crippen LogP contribution is 2.22. The third kappa shape index (κ3) is 3.50. The average molecular weight is 304 g/mol. The molecule has 0 aromatic rings. The summed E-state index contributed by atoms with van der Waals surface area (Å²) in [5.41, 5.74) is -1.01. The molecule has 0 saturated carbocycles. The quantitative estimate of drug-likeness (QED) is 0.766. The summed E-state index contributed by atoms with van der Waals surface area (Å²) >= 11 is 0. The first-order chi connectivity index (χ1) is 9.15. The molecule has 1 saturated heterocycles. The van der Waals surface area contributed by atoms with E-state index >= 15 is 0 Å². The number of nitrogens with one attached hydrogen (secondary N) is 1. The Morgan fingerprint density at radius 1 is 1.20 bits per heavy atom. The summed E-state index contributed by atoms with van der Waals surface area (Å²) in [6.45, 7) is 6.95. The average Bonchev–Trinajstić information content (AvgIpc) is 2.33. The Hall–Kier alpha value is -1.11. The number of hydrogen-bond donors (Lipinski definition) is 1. The van der Waals surface area contributed by atoms with Gasteiger partial charge in [-0.25, -0.2) is 8.42 Å². The van der Waals surface area contributed by atoms with E-state index in [0.717, 1.165) is 0 Å². The van der Waals surface area contributed by atoms with Crippen LogP contribution in [-0.2, 0) is 19.4 Å². The third-order valence-corrected chi connectivity index (χ3v) is 5.48. The van der Waals surface area contributed by atoms with E-state index in [-0.39, 0.29) is 29.9 Å². The van der Waals surface area contributed by atoms with Crippen molar-refractivity contribution in [3.05, 3.63) is 0 Å². The van der Waals surface area contributed by atoms with E-state index < -0.39 is 21.4 Å². The van der Waals surface area contributed by atoms with Gasteiger partial charge in [-0.1, -0.05) is 13.8 Å². The van der Waals surface area contributed by atoms with Gasteiger partial charge in [-0.2, -0.15) is 0 Å². The van der Waals surface area contributed by atoms with Gasteiger partial charge in [0.15, 0.2) is 9.84 Å². The monoisotopic (exact) mass is 304 g/mol. The van der Waals surface area contributed by atoms with Crippen molar-refractivity contribution in [3.63, 3.8) is 0 Å². The fraction of sp³-hybridized carbons (Fsp3) is 0.846. The largest absolute Gasteiger partial charge is 0.342 e. The predicted octanol–water partition coefficient (Wildman–Crippen LogP) is 0.327. The summed E-state index contributed by atoms with van der Waals surface area (Å²) in [7, 11) is -3.17. The molecule has 0 aromatic heterocycles. The molecule has 1 aliphatic heterocycles. The number of hydrogen-bond acceptors (Lipinski definition) is 4. The summed E-state index contributed by atoms with van der Waals surface area (Å²) in [6, 6.07) is -0.551. The maximum atomic E-state index is 12.3. The number of sulfone groups is 1. The maximum Gasteiger partial charge on any atom is 0.246 e. The smallest absolute Gasteiger partial charge is 0.246 e. The Balaban J connectivity index is 2.88. The van der Waals surface area contributed by atoms with E-state index in [1.54, 1.807) is 20.8 Å². The van der Waals surface area contributed by atoms with Crippen LogP contribution in [0.2, 0.25) is 0 Å². The van der Waals surface area contributed by atoms with Crippen LogP contribution in [-0.4, -0.2) is 54.8 Å². The molecule has 0 aromatic carbocycles. The predicted molar refractivity (Wildman–Crippen MR) is 77.0 cm³/mol. The molecule has 1 atom stereocenters. The van der Waals surface area contributed by atoms with Crippen molar-refractivity contribution in [1.82, 2.24) is 10.2 Å². The summed E-state index contributed by atoms with van der Waals surface area (Å²) < 4.78 is 23.6. The number of carbonyl (C=O) groups excluding carboxylic acids is 2. The van der Waals surface area contributed by atoms with Gasteiger partial charge in [0.05, 0.1) is 5.75 Å². The molecule has 0 bridgehead atoms. The van der Waals surface area contributed by atoms with Gasteiger partial charge < -0.3 is 10.2 Å². The van der Waals surface area contributed by atoms with E-state index in [0.29, 0.717) is 12.8 Å². The number of amides is 2. The topological polar surface area (TPSA) is 83.6 Å². The maximum absolute atomic E-state index is 12.3. The van der Waals surface area contributed by atoms with Crippen LogP contribution in [0.3, 0.4) is 0 Å². The minimum Gasteiger partial charge on any atom is -0.342 e. The Kier molecular flexibility index (Phi) is 5.18. The Bertz CT molecular complexity index is 485. The third-order valence-electron chi connectivity index (χ3n) is 3.65. The van der Waals surface area contributed by atoms with Crippen LogP contribution in [0.4, 0.5) is 0 Å². The molecule has 116 valence electrons. The van der Waals surface area contributed by atoms with E-state index in [4.69, 9.17) is 0 Å². The van der Waals surface area contributed by atoms with Gasteiger partial charge in [0.25, 0.3) is 0 Å². The zero-order chi connectivity index (χ0) is 15.6. The van der Waals surface area contributed by atoms with Gasteiger partial charge in [-0.05, 0) is 26.7 Å². The Labute approximate surface area is 120 Å². The second-order valence-corrected chi connectivity index (χ2v) is 7.94. The van der Waals surface area contributed by atoms with Gasteiger partial charge in [0.2, 0.25) is 11.8 Å². The van der Waals surface area contributed by atoms with Gasteiger partial charge in [0, 0.05) is 12.3 Å². The molecule has 1 aliphatic rings. The fourth-order valence-electron chi connectivity index (χ4n) is 2.29. The lowest BCUT2D eigenvalue weighted by molar-refractivity contribution is -0.154. The van der Waals surface area contributed by atoms with Crippen molar-refractivity contribution < 1.29 is 18.0 Å². The number of piperazine rings is 1. The van der Waals surface area contributed by atoms with Crippen LogP contribution >= 0.6 is 0 Å². The molecule has 1 unspecified atom stereocenters. The Morgan fingerprint density at radius 2 is 1.80 bits per heavy atom. The van der Waals surface area contributed by atoms with Crippen LogP contribution in [0.1, 0.15) is 40.5 Å². The molecule has 20 heavy (non-hydrogen) atoms. The highest BCUT2D eigenvalue weighted by atomic mass is 32.2. The van der Waals surface area contributed by atoms with Crippen molar-refractivity contribution in [2.75, 3.05) is 18.1 Å². The van der Waals surface area contributed by atoms with Crippen molar-refractivity contribution in [2.45, 2.75) is 52.1 Å². The molecule has 7 heteroatoms. The molecule has 0 spiro atoms. The van der Waals surface area contributed by atoms with E-state index in [1.807, 2.05) is 6.92 Å². The van der Waals surface area contributed by atoms with Crippen molar-refractivity contribution in [1.29, 1.82) is 0 Å². The zero-order valence-electron chi connectivity index (χ0n) is 12.6. The van der Waals surface area contributed by atoms with E-state index in [1.165, 1.54) is 4.90 Å². The fourth-order valence-corrected chi connectivity index (χ4v) is 3.58. The van der Waals surface area contributed by atoms with Gasteiger partial charge >= 0.3 is 0 Å². The van der Waals surface area contributed by atoms with Crippen LogP contribution in [0.15, 0.2) is 0 Å². The molecule has 0 aliphatic carbocycles. The zero-order valence-corrected chi connectivity index (χ0v) is 13.4. The minimum atomic E-state index is -3.17. The lowest BCUT2D eigenvalue weighted by atomic mass is 9.95. The second kappa shape index (κ2) is 6.11. The van der Waals surface area contributed by atoms with Gasteiger partial charge in [-0.15, -0.1) is 0 Å². The molecule has 2 amide bonds. The van der Waals surface area contributed by atoms with Gasteiger partial charge in [-0.3, -0.25) is 9.59 Å². The SMILES string of the molecule is CCCS(=O)(=O)CCN1C(=O)C(CC)NC(=O)C1(C)C. The summed E-state index contributed by atoms with van der Waals surface area (Å²) in [5.74, 6) is -0.431. The molecular weight excluding hydrogens is 280 g/mol. The first kappa shape index (κ1) is 16.9. The number of rotatable bonds is 6. The van der Waals surface area contributed by atoms with Crippen LogP contribution in [0, 0.1) is 0 Å². The molecule has 1 rings (SSSR count). The molecule has 1 fully saturated rings. The van der Waals surface area contributed by atoms with Crippen LogP contribution in [0.25, 0.3) is 0 Å². The summed E-state index contributed by atoms with van der Waals surface area (Å²) in [6.07, 6.45) is 1.05. The normalized spacial score (nSPS) is 22.8. The molecule has 6 nitrogen and oxygen atoms in total. The molecule has 0 radical (unpaired) electrons. The van der Waals surface area contributed by atoms with E-state index in [2.05, 4.69) is 5.32 Å². The van der Waals surface area contributed by atoms with Crippen molar-refractivity contribution in [2.24, 2.45) is 0 Å². The second-order valence-electron chi connectivity index (χ2n) is 5.64. The van der Waals surface area contributed by atoms with Gasteiger partial charge in [0.1, 0.15) is 11.6 Å². The molecular formula is C13H24N2O4S. The molecule has 1 heterocycles. The number of carbonyl (C=O) groups is 2. The van der Waals surface area contributed by atoms with Crippen molar-refractivity contribution in [3.8, 4) is 0 Å². The number of nitrogens with zero attached hydrogens (tertiary/aromatic N) is 1. The lowest BCUT2D eigenvalue weighted by Crippen LogP contribution is -2.68. The van der Waals surface area contributed by atoms with Crippen LogP contribution < -0.4 is 5.32 Å². The first-order valence-corrected chi connectivity index (χ1v) is 8.80. The Morgan fingerprint density at radius 3 is 2.30 bits per heavy atom.